The second-order valence-corrected chi connectivity index (χ2v) is 8.55. The lowest BCUT2D eigenvalue weighted by Gasteiger charge is -2.35. The normalized spacial score (nSPS) is 15.7. The molecule has 0 bridgehead atoms. The molecule has 7 heteroatoms. The highest BCUT2D eigenvalue weighted by molar-refractivity contribution is 7.88. The van der Waals surface area contributed by atoms with Crippen LogP contribution in [0.5, 0.6) is 0 Å². The van der Waals surface area contributed by atoms with Gasteiger partial charge in [0.15, 0.2) is 0 Å². The van der Waals surface area contributed by atoms with Crippen LogP contribution in [0.15, 0.2) is 59.1 Å². The summed E-state index contributed by atoms with van der Waals surface area (Å²) >= 11 is 0. The Balaban J connectivity index is 1.41. The smallest absolute Gasteiger partial charge is 0.232 e. The number of rotatable bonds is 5. The maximum absolute atomic E-state index is 12.6. The zero-order chi connectivity index (χ0) is 18.1. The molecule has 0 radical (unpaired) electrons. The Kier molecular flexibility index (Phi) is 4.34. The molecule has 0 saturated carbocycles. The van der Waals surface area contributed by atoms with Crippen molar-refractivity contribution in [2.45, 2.75) is 18.6 Å². The zero-order valence-corrected chi connectivity index (χ0v) is 15.2. The number of sulfonamides is 1. The van der Waals surface area contributed by atoms with E-state index in [0.717, 1.165) is 16.7 Å². The molecule has 6 nitrogen and oxygen atoms in total. The van der Waals surface area contributed by atoms with Crippen LogP contribution in [0.2, 0.25) is 0 Å². The molecule has 3 aromatic rings. The van der Waals surface area contributed by atoms with Gasteiger partial charge in [-0.1, -0.05) is 65.3 Å². The van der Waals surface area contributed by atoms with Crippen molar-refractivity contribution >= 4 is 10.0 Å². The summed E-state index contributed by atoms with van der Waals surface area (Å²) in [5, 5.41) is 4.00. The Labute approximate surface area is 152 Å². The Morgan fingerprint density at radius 1 is 1.12 bits per heavy atom. The molecule has 0 unspecified atom stereocenters. The second kappa shape index (κ2) is 6.66. The zero-order valence-electron chi connectivity index (χ0n) is 14.4. The summed E-state index contributed by atoms with van der Waals surface area (Å²) in [4.78, 5) is 4.42. The Bertz CT molecular complexity index is 1010. The molecule has 2 heterocycles. The average Bonchev–Trinajstić information content (AvgIpc) is 3.03. The summed E-state index contributed by atoms with van der Waals surface area (Å²) in [7, 11) is -3.34. The quantitative estimate of drug-likeness (QED) is 0.691. The summed E-state index contributed by atoms with van der Waals surface area (Å²) in [5.41, 5.74) is 2.74. The minimum absolute atomic E-state index is 0.0144. The summed E-state index contributed by atoms with van der Waals surface area (Å²) in [6, 6.07) is 17.1. The van der Waals surface area contributed by atoms with E-state index >= 15 is 0 Å². The van der Waals surface area contributed by atoms with Crippen molar-refractivity contribution in [1.82, 2.24) is 14.4 Å². The van der Waals surface area contributed by atoms with E-state index in [1.807, 2.05) is 61.5 Å². The summed E-state index contributed by atoms with van der Waals surface area (Å²) < 4.78 is 31.9. The molecule has 134 valence electrons. The third kappa shape index (κ3) is 3.40. The van der Waals surface area contributed by atoms with Gasteiger partial charge in [-0.2, -0.15) is 9.29 Å². The third-order valence-electron chi connectivity index (χ3n) is 4.50. The number of aromatic nitrogens is 2. The van der Waals surface area contributed by atoms with Crippen LogP contribution >= 0.6 is 0 Å². The van der Waals surface area contributed by atoms with Gasteiger partial charge in [0.1, 0.15) is 0 Å². The molecule has 1 aromatic heterocycles. The van der Waals surface area contributed by atoms with Crippen LogP contribution in [0.25, 0.3) is 11.4 Å². The summed E-state index contributed by atoms with van der Waals surface area (Å²) in [6.07, 6.45) is 0. The van der Waals surface area contributed by atoms with E-state index in [2.05, 4.69) is 10.1 Å². The standard InChI is InChI=1S/C19H19N3O3S/c1-14-6-5-7-15(10-14)13-26(23,24)22-11-17(12-22)19-20-18(21-25-19)16-8-3-2-4-9-16/h2-10,17H,11-13H2,1H3. The molecule has 26 heavy (non-hydrogen) atoms. The van der Waals surface area contributed by atoms with Gasteiger partial charge in [-0.25, -0.2) is 8.42 Å². The van der Waals surface area contributed by atoms with E-state index in [-0.39, 0.29) is 11.7 Å². The second-order valence-electron chi connectivity index (χ2n) is 6.58. The molecule has 0 atom stereocenters. The molecule has 4 rings (SSSR count). The number of benzene rings is 2. The van der Waals surface area contributed by atoms with E-state index in [4.69, 9.17) is 4.52 Å². The van der Waals surface area contributed by atoms with Crippen molar-refractivity contribution in [2.75, 3.05) is 13.1 Å². The molecule has 0 spiro atoms. The van der Waals surface area contributed by atoms with E-state index in [1.165, 1.54) is 4.31 Å². The van der Waals surface area contributed by atoms with Gasteiger partial charge >= 0.3 is 0 Å². The van der Waals surface area contributed by atoms with Crippen molar-refractivity contribution in [1.29, 1.82) is 0 Å². The van der Waals surface area contributed by atoms with Crippen molar-refractivity contribution in [3.8, 4) is 11.4 Å². The minimum Gasteiger partial charge on any atom is -0.339 e. The van der Waals surface area contributed by atoms with E-state index in [0.29, 0.717) is 24.8 Å². The predicted molar refractivity (Wildman–Crippen MR) is 97.9 cm³/mol. The minimum atomic E-state index is -3.34. The van der Waals surface area contributed by atoms with Crippen molar-refractivity contribution in [3.05, 3.63) is 71.6 Å². The van der Waals surface area contributed by atoms with Gasteiger partial charge in [-0.3, -0.25) is 0 Å². The maximum atomic E-state index is 12.6. The molecule has 1 aliphatic rings. The van der Waals surface area contributed by atoms with Crippen LogP contribution in [-0.4, -0.2) is 36.0 Å². The van der Waals surface area contributed by atoms with Crippen LogP contribution in [0.3, 0.4) is 0 Å². The fourth-order valence-corrected chi connectivity index (χ4v) is 4.63. The Morgan fingerprint density at radius 3 is 2.62 bits per heavy atom. The van der Waals surface area contributed by atoms with Gasteiger partial charge in [-0.05, 0) is 12.5 Å². The van der Waals surface area contributed by atoms with Gasteiger partial charge in [0.25, 0.3) is 0 Å². The summed E-state index contributed by atoms with van der Waals surface area (Å²) in [5.74, 6) is 0.986. The van der Waals surface area contributed by atoms with E-state index < -0.39 is 10.0 Å². The molecule has 0 N–H and O–H groups in total. The molecule has 1 aliphatic heterocycles. The maximum Gasteiger partial charge on any atom is 0.232 e. The highest BCUT2D eigenvalue weighted by Crippen LogP contribution is 2.30. The first-order valence-corrected chi connectivity index (χ1v) is 10.0. The van der Waals surface area contributed by atoms with Gasteiger partial charge in [0.2, 0.25) is 21.7 Å². The number of hydrogen-bond acceptors (Lipinski definition) is 5. The SMILES string of the molecule is Cc1cccc(CS(=O)(=O)N2CC(c3nc(-c4ccccc4)no3)C2)c1. The largest absolute Gasteiger partial charge is 0.339 e. The predicted octanol–water partition coefficient (Wildman–Crippen LogP) is 2.97. The Hall–Kier alpha value is -2.51. The van der Waals surface area contributed by atoms with Crippen LogP contribution in [0.1, 0.15) is 22.9 Å². The lowest BCUT2D eigenvalue weighted by molar-refractivity contribution is 0.216. The van der Waals surface area contributed by atoms with Crippen LogP contribution < -0.4 is 0 Å². The van der Waals surface area contributed by atoms with Crippen molar-refractivity contribution < 1.29 is 12.9 Å². The highest BCUT2D eigenvalue weighted by Gasteiger charge is 2.39. The molecule has 0 aliphatic carbocycles. The van der Waals surface area contributed by atoms with Gasteiger partial charge in [0.05, 0.1) is 11.7 Å². The first-order chi connectivity index (χ1) is 12.5. The first kappa shape index (κ1) is 16.9. The molecule has 1 fully saturated rings. The Morgan fingerprint density at radius 2 is 1.88 bits per heavy atom. The van der Waals surface area contributed by atoms with Gasteiger partial charge in [-0.15, -0.1) is 0 Å². The topological polar surface area (TPSA) is 76.3 Å². The number of nitrogens with zero attached hydrogens (tertiary/aromatic N) is 3. The van der Waals surface area contributed by atoms with Gasteiger partial charge < -0.3 is 4.52 Å². The van der Waals surface area contributed by atoms with Crippen LogP contribution in [0, 0.1) is 6.92 Å². The average molecular weight is 369 g/mol. The van der Waals surface area contributed by atoms with Crippen molar-refractivity contribution in [2.24, 2.45) is 0 Å². The highest BCUT2D eigenvalue weighted by atomic mass is 32.2. The molecular weight excluding hydrogens is 350 g/mol. The molecular formula is C19H19N3O3S. The third-order valence-corrected chi connectivity index (χ3v) is 6.28. The monoisotopic (exact) mass is 369 g/mol. The fraction of sp³-hybridized carbons (Fsp3) is 0.263. The van der Waals surface area contributed by atoms with Crippen LogP contribution in [0.4, 0.5) is 0 Å². The number of aryl methyl sites for hydroxylation is 1. The lowest BCUT2D eigenvalue weighted by Crippen LogP contribution is -2.48. The van der Waals surface area contributed by atoms with Crippen LogP contribution in [-0.2, 0) is 15.8 Å². The van der Waals surface area contributed by atoms with E-state index in [9.17, 15) is 8.42 Å². The first-order valence-electron chi connectivity index (χ1n) is 8.44. The van der Waals surface area contributed by atoms with Crippen molar-refractivity contribution in [3.63, 3.8) is 0 Å². The lowest BCUT2D eigenvalue weighted by atomic mass is 10.0. The van der Waals surface area contributed by atoms with E-state index in [1.54, 1.807) is 0 Å². The molecule has 0 amide bonds. The van der Waals surface area contributed by atoms with Gasteiger partial charge in [0, 0.05) is 18.7 Å². The number of hydrogen-bond donors (Lipinski definition) is 0. The molecule has 2 aromatic carbocycles. The fourth-order valence-electron chi connectivity index (χ4n) is 3.03. The summed E-state index contributed by atoms with van der Waals surface area (Å²) in [6.45, 7) is 2.71. The molecule has 1 saturated heterocycles.